The van der Waals surface area contributed by atoms with Gasteiger partial charge in [0.25, 0.3) is 0 Å². The van der Waals surface area contributed by atoms with E-state index in [1.54, 1.807) is 36.4 Å². The van der Waals surface area contributed by atoms with E-state index in [1.165, 1.54) is 0 Å². The lowest BCUT2D eigenvalue weighted by Gasteiger charge is -2.29. The van der Waals surface area contributed by atoms with Gasteiger partial charge in [0.05, 0.1) is 19.8 Å². The van der Waals surface area contributed by atoms with Crippen LogP contribution in [-0.4, -0.2) is 38.7 Å². The van der Waals surface area contributed by atoms with Crippen LogP contribution in [0.2, 0.25) is 0 Å². The molecule has 1 heterocycles. The first-order valence-electron chi connectivity index (χ1n) is 11.5. The van der Waals surface area contributed by atoms with Crippen molar-refractivity contribution in [1.29, 1.82) is 0 Å². The van der Waals surface area contributed by atoms with E-state index < -0.39 is 42.3 Å². The first-order valence-corrected chi connectivity index (χ1v) is 11.5. The summed E-state index contributed by atoms with van der Waals surface area (Å²) in [6.45, 7) is 2.87. The fourth-order valence-electron chi connectivity index (χ4n) is 4.00. The van der Waals surface area contributed by atoms with Gasteiger partial charge in [-0.05, 0) is 47.6 Å². The molecule has 0 bridgehead atoms. The molecule has 1 fully saturated rings. The van der Waals surface area contributed by atoms with Crippen molar-refractivity contribution >= 4 is 10.8 Å². The molecule has 0 amide bonds. The average molecular weight is 526 g/mol. The molecule has 0 N–H and O–H groups in total. The van der Waals surface area contributed by atoms with Crippen LogP contribution >= 0.6 is 0 Å². The monoisotopic (exact) mass is 526 g/mol. The zero-order valence-corrected chi connectivity index (χ0v) is 19.6. The smallest absolute Gasteiger partial charge is 0.422 e. The molecule has 1 aliphatic rings. The third-order valence-electron chi connectivity index (χ3n) is 5.77. The Morgan fingerprint density at radius 2 is 1.65 bits per heavy atom. The standard InChI is InChI=1S/C27H24F6O4/c1-2-9-34-20-13-35-26(36-14-20)19-7-8-21-18(12-19)6-5-17(24(21)30)4-3-16-10-22(28)25(23(29)11-16)37-15-27(31,32)33/h2,5-8,10-12,20,26H,1,3-4,9,13-15H2. The minimum absolute atomic E-state index is 0.0622. The van der Waals surface area contributed by atoms with Gasteiger partial charge in [-0.2, -0.15) is 13.2 Å². The second-order valence-electron chi connectivity index (χ2n) is 8.55. The SMILES string of the molecule is C=CCOC1COC(c2ccc3c(F)c(CCc4cc(F)c(OCC(F)(F)F)c(F)c4)ccc3c2)OC1. The van der Waals surface area contributed by atoms with Crippen LogP contribution in [0.4, 0.5) is 26.3 Å². The van der Waals surface area contributed by atoms with Gasteiger partial charge in [-0.15, -0.1) is 6.58 Å². The van der Waals surface area contributed by atoms with Gasteiger partial charge in [-0.1, -0.05) is 30.3 Å². The van der Waals surface area contributed by atoms with Crippen LogP contribution in [0, 0.1) is 17.5 Å². The molecule has 0 spiro atoms. The molecule has 198 valence electrons. The molecule has 10 heteroatoms. The van der Waals surface area contributed by atoms with Crippen LogP contribution in [0.15, 0.2) is 55.1 Å². The first-order chi connectivity index (χ1) is 17.6. The van der Waals surface area contributed by atoms with Crippen molar-refractivity contribution in [3.05, 3.63) is 89.3 Å². The summed E-state index contributed by atoms with van der Waals surface area (Å²) in [6.07, 6.45) is -3.71. The molecule has 1 aliphatic heterocycles. The Balaban J connectivity index is 1.42. The molecule has 0 unspecified atom stereocenters. The summed E-state index contributed by atoms with van der Waals surface area (Å²) < 4.78 is 101. The predicted molar refractivity (Wildman–Crippen MR) is 124 cm³/mol. The van der Waals surface area contributed by atoms with Crippen LogP contribution in [0.5, 0.6) is 5.75 Å². The Morgan fingerprint density at radius 3 is 2.30 bits per heavy atom. The summed E-state index contributed by atoms with van der Waals surface area (Å²) in [5.41, 5.74) is 1.21. The van der Waals surface area contributed by atoms with Gasteiger partial charge in [0.1, 0.15) is 11.9 Å². The quantitative estimate of drug-likeness (QED) is 0.233. The molecule has 3 aromatic rings. The lowest BCUT2D eigenvalue weighted by molar-refractivity contribution is -0.228. The number of fused-ring (bicyclic) bond motifs is 1. The largest absolute Gasteiger partial charge is 0.478 e. The predicted octanol–water partition coefficient (Wildman–Crippen LogP) is 6.60. The van der Waals surface area contributed by atoms with E-state index in [0.717, 1.165) is 17.7 Å². The maximum absolute atomic E-state index is 15.2. The molecule has 3 aromatic carbocycles. The molecular weight excluding hydrogens is 502 g/mol. The van der Waals surface area contributed by atoms with Crippen molar-refractivity contribution in [1.82, 2.24) is 0 Å². The maximum atomic E-state index is 15.2. The van der Waals surface area contributed by atoms with Crippen LogP contribution in [0.25, 0.3) is 10.8 Å². The third-order valence-corrected chi connectivity index (χ3v) is 5.77. The van der Waals surface area contributed by atoms with E-state index in [0.29, 0.717) is 36.2 Å². The Hall–Kier alpha value is -3.08. The molecule has 0 atom stereocenters. The number of alkyl halides is 3. The summed E-state index contributed by atoms with van der Waals surface area (Å²) in [7, 11) is 0. The number of rotatable bonds is 9. The van der Waals surface area contributed by atoms with E-state index in [2.05, 4.69) is 11.3 Å². The number of hydrogen-bond acceptors (Lipinski definition) is 4. The molecular formula is C27H24F6O4. The molecule has 0 radical (unpaired) electrons. The highest BCUT2D eigenvalue weighted by Gasteiger charge is 2.30. The van der Waals surface area contributed by atoms with Crippen molar-refractivity contribution in [2.75, 3.05) is 26.4 Å². The second-order valence-corrected chi connectivity index (χ2v) is 8.55. The van der Waals surface area contributed by atoms with Crippen LogP contribution in [-0.2, 0) is 27.1 Å². The van der Waals surface area contributed by atoms with Crippen LogP contribution in [0.3, 0.4) is 0 Å². The average Bonchev–Trinajstić information content (AvgIpc) is 2.86. The summed E-state index contributed by atoms with van der Waals surface area (Å²) in [5.74, 6) is -4.08. The second kappa shape index (κ2) is 11.5. The zero-order chi connectivity index (χ0) is 26.6. The van der Waals surface area contributed by atoms with Crippen molar-refractivity contribution < 1.29 is 45.3 Å². The molecule has 4 nitrogen and oxygen atoms in total. The highest BCUT2D eigenvalue weighted by Crippen LogP contribution is 2.30. The Kier molecular flexibility index (Phi) is 8.41. The highest BCUT2D eigenvalue weighted by molar-refractivity contribution is 5.84. The van der Waals surface area contributed by atoms with Gasteiger partial charge in [-0.25, -0.2) is 13.2 Å². The number of hydrogen-bond donors (Lipinski definition) is 0. The van der Waals surface area contributed by atoms with Crippen molar-refractivity contribution in [2.45, 2.75) is 31.4 Å². The van der Waals surface area contributed by atoms with Gasteiger partial charge in [0.2, 0.25) is 0 Å². The van der Waals surface area contributed by atoms with Gasteiger partial charge >= 0.3 is 6.18 Å². The highest BCUT2D eigenvalue weighted by atomic mass is 19.4. The topological polar surface area (TPSA) is 36.9 Å². The van der Waals surface area contributed by atoms with Crippen molar-refractivity contribution in [3.8, 4) is 5.75 Å². The van der Waals surface area contributed by atoms with E-state index in [-0.39, 0.29) is 24.5 Å². The fraction of sp³-hybridized carbons (Fsp3) is 0.333. The molecule has 0 aliphatic carbocycles. The molecule has 4 rings (SSSR count). The summed E-state index contributed by atoms with van der Waals surface area (Å²) in [4.78, 5) is 0. The Bertz CT molecular complexity index is 1230. The van der Waals surface area contributed by atoms with E-state index in [1.807, 2.05) is 0 Å². The minimum Gasteiger partial charge on any atom is -0.478 e. The van der Waals surface area contributed by atoms with Gasteiger partial charge in [0, 0.05) is 10.9 Å². The minimum atomic E-state index is -4.73. The first kappa shape index (κ1) is 27.0. The number of benzene rings is 3. The zero-order valence-electron chi connectivity index (χ0n) is 19.6. The Labute approximate surface area is 209 Å². The van der Waals surface area contributed by atoms with Crippen LogP contribution < -0.4 is 4.74 Å². The van der Waals surface area contributed by atoms with Gasteiger partial charge in [-0.3, -0.25) is 0 Å². The number of aryl methyl sites for hydroxylation is 2. The molecule has 37 heavy (non-hydrogen) atoms. The lowest BCUT2D eigenvalue weighted by Crippen LogP contribution is -2.33. The molecule has 1 saturated heterocycles. The summed E-state index contributed by atoms with van der Waals surface area (Å²) >= 11 is 0. The molecule has 0 aromatic heterocycles. The number of ether oxygens (including phenoxy) is 4. The molecule has 0 saturated carbocycles. The summed E-state index contributed by atoms with van der Waals surface area (Å²) in [5, 5.41) is 0.983. The normalized spacial score (nSPS) is 18.2. The fourth-order valence-corrected chi connectivity index (χ4v) is 4.00. The lowest BCUT2D eigenvalue weighted by atomic mass is 9.98. The van der Waals surface area contributed by atoms with Crippen LogP contribution in [0.1, 0.15) is 23.0 Å². The maximum Gasteiger partial charge on any atom is 0.422 e. The van der Waals surface area contributed by atoms with Gasteiger partial charge < -0.3 is 18.9 Å². The van der Waals surface area contributed by atoms with Crippen molar-refractivity contribution in [2.24, 2.45) is 0 Å². The van der Waals surface area contributed by atoms with E-state index in [4.69, 9.17) is 14.2 Å². The third kappa shape index (κ3) is 6.82. The number of halogens is 6. The Morgan fingerprint density at radius 1 is 0.946 bits per heavy atom. The van der Waals surface area contributed by atoms with Gasteiger partial charge in [0.15, 0.2) is 30.3 Å². The van der Waals surface area contributed by atoms with E-state index >= 15 is 4.39 Å². The van der Waals surface area contributed by atoms with E-state index in [9.17, 15) is 22.0 Å². The van der Waals surface area contributed by atoms with Crippen molar-refractivity contribution in [3.63, 3.8) is 0 Å². The summed E-state index contributed by atoms with van der Waals surface area (Å²) in [6, 6.07) is 10.2.